The van der Waals surface area contributed by atoms with E-state index in [9.17, 15) is 4.79 Å². The number of rotatable bonds is 2. The van der Waals surface area contributed by atoms with Gasteiger partial charge in [-0.05, 0) is 36.6 Å². The van der Waals surface area contributed by atoms with Gasteiger partial charge in [-0.25, -0.2) is 0 Å². The highest BCUT2D eigenvalue weighted by Crippen LogP contribution is 2.26. The molecule has 23 heavy (non-hydrogen) atoms. The number of aromatic amines is 1. The lowest BCUT2D eigenvalue weighted by Gasteiger charge is -2.22. The Kier molecular flexibility index (Phi) is 3.38. The molecule has 1 aliphatic rings. The van der Waals surface area contributed by atoms with Gasteiger partial charge in [0, 0.05) is 41.1 Å². The fraction of sp³-hybridized carbons (Fsp3) is 0.294. The second-order valence-corrected chi connectivity index (χ2v) is 6.46. The summed E-state index contributed by atoms with van der Waals surface area (Å²) in [7, 11) is 1.89. The molecule has 0 bridgehead atoms. The first-order chi connectivity index (χ1) is 11.1. The van der Waals surface area contributed by atoms with E-state index in [-0.39, 0.29) is 11.9 Å². The lowest BCUT2D eigenvalue weighted by molar-refractivity contribution is 0.0925. The van der Waals surface area contributed by atoms with Gasteiger partial charge >= 0.3 is 0 Å². The van der Waals surface area contributed by atoms with Crippen molar-refractivity contribution >= 4 is 28.4 Å². The number of carbonyl (C=O) groups is 1. The molecule has 1 amide bonds. The lowest BCUT2D eigenvalue weighted by atomic mass is 9.94. The van der Waals surface area contributed by atoms with E-state index in [0.29, 0.717) is 10.7 Å². The molecule has 1 aliphatic carbocycles. The largest absolute Gasteiger partial charge is 0.348 e. The van der Waals surface area contributed by atoms with E-state index in [1.165, 1.54) is 5.56 Å². The molecule has 2 heterocycles. The highest BCUT2D eigenvalue weighted by Gasteiger charge is 2.23. The van der Waals surface area contributed by atoms with Gasteiger partial charge in [-0.15, -0.1) is 0 Å². The molecule has 0 unspecified atom stereocenters. The van der Waals surface area contributed by atoms with E-state index in [1.807, 2.05) is 42.1 Å². The standard InChI is InChI=1S/C17H17ClN4O/c1-22-15-4-2-3-13(18)12(15)8-16(22)17(23)20-11-6-5-10-9-19-21-14(10)7-11/h2-4,8-9,11H,5-7H2,1H3,(H,19,21)(H,20,23)/t11-/m0/s1. The van der Waals surface area contributed by atoms with Crippen LogP contribution in [0.3, 0.4) is 0 Å². The predicted molar refractivity (Wildman–Crippen MR) is 89.8 cm³/mol. The monoisotopic (exact) mass is 328 g/mol. The van der Waals surface area contributed by atoms with Gasteiger partial charge in [0.05, 0.1) is 6.20 Å². The lowest BCUT2D eigenvalue weighted by Crippen LogP contribution is -2.39. The molecule has 2 aromatic heterocycles. The average molecular weight is 329 g/mol. The smallest absolute Gasteiger partial charge is 0.268 e. The minimum atomic E-state index is -0.0623. The Bertz CT molecular complexity index is 895. The van der Waals surface area contributed by atoms with E-state index >= 15 is 0 Å². The molecule has 0 radical (unpaired) electrons. The molecule has 0 fully saturated rings. The van der Waals surface area contributed by atoms with Gasteiger partial charge in [0.1, 0.15) is 5.69 Å². The number of H-pyrrole nitrogens is 1. The SMILES string of the molecule is Cn1c(C(=O)N[C@H]2CCc3cn[nH]c3C2)cc2c(Cl)cccc21. The van der Waals surface area contributed by atoms with E-state index in [2.05, 4.69) is 15.5 Å². The number of nitrogens with zero attached hydrogens (tertiary/aromatic N) is 2. The summed E-state index contributed by atoms with van der Waals surface area (Å²) in [6, 6.07) is 7.69. The number of nitrogens with one attached hydrogen (secondary N) is 2. The van der Waals surface area contributed by atoms with Crippen molar-refractivity contribution in [2.24, 2.45) is 7.05 Å². The zero-order valence-corrected chi connectivity index (χ0v) is 13.5. The van der Waals surface area contributed by atoms with Gasteiger partial charge in [0.2, 0.25) is 0 Å². The second-order valence-electron chi connectivity index (χ2n) is 6.05. The summed E-state index contributed by atoms with van der Waals surface area (Å²) in [5, 5.41) is 11.8. The predicted octanol–water partition coefficient (Wildman–Crippen LogP) is 2.84. The van der Waals surface area contributed by atoms with Crippen LogP contribution in [0.4, 0.5) is 0 Å². The highest BCUT2D eigenvalue weighted by atomic mass is 35.5. The van der Waals surface area contributed by atoms with Crippen LogP contribution in [0.15, 0.2) is 30.5 Å². The maximum atomic E-state index is 12.7. The zero-order valence-electron chi connectivity index (χ0n) is 12.8. The normalized spacial score (nSPS) is 17.2. The summed E-state index contributed by atoms with van der Waals surface area (Å²) >= 11 is 6.23. The molecule has 0 saturated carbocycles. The summed E-state index contributed by atoms with van der Waals surface area (Å²) in [4.78, 5) is 12.7. The van der Waals surface area contributed by atoms with E-state index in [4.69, 9.17) is 11.6 Å². The summed E-state index contributed by atoms with van der Waals surface area (Å²) in [5.41, 5.74) is 3.97. The van der Waals surface area contributed by atoms with Crippen LogP contribution in [0.1, 0.15) is 28.2 Å². The van der Waals surface area contributed by atoms with Crippen LogP contribution in [0.5, 0.6) is 0 Å². The number of carbonyl (C=O) groups excluding carboxylic acids is 1. The Morgan fingerprint density at radius 3 is 3.17 bits per heavy atom. The molecule has 0 aliphatic heterocycles. The van der Waals surface area contributed by atoms with Crippen molar-refractivity contribution < 1.29 is 4.79 Å². The zero-order chi connectivity index (χ0) is 16.0. The minimum absolute atomic E-state index is 0.0623. The number of benzene rings is 1. The van der Waals surface area contributed by atoms with Crippen LogP contribution in [0.2, 0.25) is 5.02 Å². The molecule has 2 N–H and O–H groups in total. The van der Waals surface area contributed by atoms with Crippen molar-refractivity contribution in [1.29, 1.82) is 0 Å². The number of fused-ring (bicyclic) bond motifs is 2. The summed E-state index contributed by atoms with van der Waals surface area (Å²) in [6.07, 6.45) is 4.55. The second kappa shape index (κ2) is 5.42. The first kappa shape index (κ1) is 14.3. The van der Waals surface area contributed by atoms with Crippen molar-refractivity contribution in [3.63, 3.8) is 0 Å². The average Bonchev–Trinajstić information content (AvgIpc) is 3.13. The van der Waals surface area contributed by atoms with Gasteiger partial charge in [-0.3, -0.25) is 9.89 Å². The highest BCUT2D eigenvalue weighted by molar-refractivity contribution is 6.35. The number of hydrogen-bond donors (Lipinski definition) is 2. The van der Waals surface area contributed by atoms with Crippen LogP contribution < -0.4 is 5.32 Å². The fourth-order valence-corrected chi connectivity index (χ4v) is 3.56. The summed E-state index contributed by atoms with van der Waals surface area (Å²) in [5.74, 6) is -0.0623. The molecule has 1 atom stereocenters. The minimum Gasteiger partial charge on any atom is -0.348 e. The van der Waals surface area contributed by atoms with Crippen molar-refractivity contribution in [3.05, 3.63) is 52.4 Å². The van der Waals surface area contributed by atoms with Gasteiger partial charge in [0.15, 0.2) is 0 Å². The van der Waals surface area contributed by atoms with Crippen molar-refractivity contribution in [1.82, 2.24) is 20.1 Å². The molecule has 6 heteroatoms. The fourth-order valence-electron chi connectivity index (χ4n) is 3.33. The van der Waals surface area contributed by atoms with Gasteiger partial charge in [-0.2, -0.15) is 5.10 Å². The molecule has 4 rings (SSSR count). The Hall–Kier alpha value is -2.27. The third-order valence-electron chi connectivity index (χ3n) is 4.62. The molecule has 1 aromatic carbocycles. The summed E-state index contributed by atoms with van der Waals surface area (Å²) in [6.45, 7) is 0. The third-order valence-corrected chi connectivity index (χ3v) is 4.95. The molecular formula is C17H17ClN4O. The number of aromatic nitrogens is 3. The number of aryl methyl sites for hydroxylation is 2. The Morgan fingerprint density at radius 1 is 1.48 bits per heavy atom. The van der Waals surface area contributed by atoms with E-state index in [1.54, 1.807) is 0 Å². The van der Waals surface area contributed by atoms with Crippen LogP contribution in [0, 0.1) is 0 Å². The molecule has 0 spiro atoms. The summed E-state index contributed by atoms with van der Waals surface area (Å²) < 4.78 is 1.89. The Balaban J connectivity index is 1.58. The van der Waals surface area contributed by atoms with Crippen LogP contribution in [-0.4, -0.2) is 26.7 Å². The number of amides is 1. The van der Waals surface area contributed by atoms with Crippen LogP contribution in [0.25, 0.3) is 10.9 Å². The van der Waals surface area contributed by atoms with Crippen molar-refractivity contribution in [2.75, 3.05) is 0 Å². The first-order valence-corrected chi connectivity index (χ1v) is 8.07. The van der Waals surface area contributed by atoms with Crippen LogP contribution >= 0.6 is 11.6 Å². The quantitative estimate of drug-likeness (QED) is 0.760. The van der Waals surface area contributed by atoms with Gasteiger partial charge in [-0.1, -0.05) is 17.7 Å². The molecule has 5 nitrogen and oxygen atoms in total. The topological polar surface area (TPSA) is 62.7 Å². The molecular weight excluding hydrogens is 312 g/mol. The number of hydrogen-bond acceptors (Lipinski definition) is 2. The Morgan fingerprint density at radius 2 is 2.35 bits per heavy atom. The molecule has 3 aromatic rings. The van der Waals surface area contributed by atoms with Gasteiger partial charge < -0.3 is 9.88 Å². The third kappa shape index (κ3) is 2.41. The van der Waals surface area contributed by atoms with Gasteiger partial charge in [0.25, 0.3) is 5.91 Å². The first-order valence-electron chi connectivity index (χ1n) is 7.69. The molecule has 0 saturated heterocycles. The van der Waals surface area contributed by atoms with Crippen molar-refractivity contribution in [3.8, 4) is 0 Å². The maximum absolute atomic E-state index is 12.7. The molecule has 118 valence electrons. The van der Waals surface area contributed by atoms with Crippen molar-refractivity contribution in [2.45, 2.75) is 25.3 Å². The Labute approximate surface area is 138 Å². The van der Waals surface area contributed by atoms with E-state index in [0.717, 1.165) is 35.9 Å². The maximum Gasteiger partial charge on any atom is 0.268 e. The van der Waals surface area contributed by atoms with Crippen LogP contribution in [-0.2, 0) is 19.9 Å². The number of halogens is 1. The van der Waals surface area contributed by atoms with E-state index < -0.39 is 0 Å².